The molecule has 4 nitrogen and oxygen atoms in total. The number of nitrogens with one attached hydrogen (secondary N) is 1. The summed E-state index contributed by atoms with van der Waals surface area (Å²) >= 11 is 5.98. The fourth-order valence-electron chi connectivity index (χ4n) is 2.97. The van der Waals surface area contributed by atoms with Crippen LogP contribution in [0.25, 0.3) is 10.8 Å². The van der Waals surface area contributed by atoms with Gasteiger partial charge in [-0.25, -0.2) is 13.1 Å². The molecule has 0 spiro atoms. The third-order valence-electron chi connectivity index (χ3n) is 4.47. The summed E-state index contributed by atoms with van der Waals surface area (Å²) in [7, 11) is 0.279. The van der Waals surface area contributed by atoms with Gasteiger partial charge in [0.1, 0.15) is 0 Å². The Morgan fingerprint density at radius 1 is 0.963 bits per heavy atom. The molecule has 0 saturated carbocycles. The van der Waals surface area contributed by atoms with Gasteiger partial charge < -0.3 is 4.90 Å². The van der Waals surface area contributed by atoms with E-state index >= 15 is 0 Å². The van der Waals surface area contributed by atoms with E-state index in [4.69, 9.17) is 11.6 Å². The number of hydrogen-bond donors (Lipinski definition) is 1. The highest BCUT2D eigenvalue weighted by atomic mass is 35.5. The Kier molecular flexibility index (Phi) is 6.17. The first-order valence-electron chi connectivity index (χ1n) is 8.76. The molecule has 0 aliphatic rings. The number of nitrogens with zero attached hydrogens (tertiary/aromatic N) is 1. The van der Waals surface area contributed by atoms with Crippen LogP contribution in [0.5, 0.6) is 0 Å². The summed E-state index contributed by atoms with van der Waals surface area (Å²) in [6.45, 7) is 0.757. The maximum Gasteiger partial charge on any atom is 0.241 e. The molecule has 0 aliphatic heterocycles. The van der Waals surface area contributed by atoms with E-state index in [1.807, 2.05) is 61.5 Å². The topological polar surface area (TPSA) is 49.4 Å². The van der Waals surface area contributed by atoms with Gasteiger partial charge in [-0.05, 0) is 67.7 Å². The van der Waals surface area contributed by atoms with E-state index < -0.39 is 10.0 Å². The largest absolute Gasteiger partial charge is 0.309 e. The van der Waals surface area contributed by atoms with Gasteiger partial charge in [0.25, 0.3) is 0 Å². The van der Waals surface area contributed by atoms with Crippen molar-refractivity contribution < 1.29 is 8.42 Å². The molecule has 142 valence electrons. The molecule has 0 heterocycles. The SMILES string of the molecule is CN(C)CCC(NS(=O)(=O)c1ccc2ccccc2c1)c1ccc(Cl)cc1. The van der Waals surface area contributed by atoms with Crippen LogP contribution in [-0.4, -0.2) is 34.0 Å². The lowest BCUT2D eigenvalue weighted by Gasteiger charge is -2.21. The zero-order chi connectivity index (χ0) is 19.4. The second kappa shape index (κ2) is 8.40. The normalized spacial score (nSPS) is 13.2. The molecule has 0 saturated heterocycles. The Balaban J connectivity index is 1.90. The summed E-state index contributed by atoms with van der Waals surface area (Å²) in [6, 6.07) is 19.9. The molecule has 0 aromatic heterocycles. The highest BCUT2D eigenvalue weighted by Crippen LogP contribution is 2.24. The van der Waals surface area contributed by atoms with Crippen LogP contribution in [-0.2, 0) is 10.0 Å². The van der Waals surface area contributed by atoms with Crippen molar-refractivity contribution in [2.24, 2.45) is 0 Å². The fraction of sp³-hybridized carbons (Fsp3) is 0.238. The van der Waals surface area contributed by atoms with Crippen LogP contribution in [0.15, 0.2) is 71.6 Å². The lowest BCUT2D eigenvalue weighted by atomic mass is 10.0. The van der Waals surface area contributed by atoms with E-state index in [0.717, 1.165) is 22.9 Å². The van der Waals surface area contributed by atoms with Gasteiger partial charge in [0, 0.05) is 11.1 Å². The molecule has 1 unspecified atom stereocenters. The molecule has 0 fully saturated rings. The van der Waals surface area contributed by atoms with Crippen LogP contribution in [0, 0.1) is 0 Å². The minimum atomic E-state index is -3.66. The lowest BCUT2D eigenvalue weighted by Crippen LogP contribution is -2.31. The third-order valence-corrected chi connectivity index (χ3v) is 6.19. The maximum absolute atomic E-state index is 13.0. The van der Waals surface area contributed by atoms with E-state index in [0.29, 0.717) is 11.4 Å². The van der Waals surface area contributed by atoms with E-state index in [1.54, 1.807) is 24.3 Å². The van der Waals surface area contributed by atoms with Crippen molar-refractivity contribution in [2.75, 3.05) is 20.6 Å². The van der Waals surface area contributed by atoms with Crippen LogP contribution in [0.1, 0.15) is 18.0 Å². The van der Waals surface area contributed by atoms with Gasteiger partial charge in [-0.2, -0.15) is 0 Å². The summed E-state index contributed by atoms with van der Waals surface area (Å²) < 4.78 is 28.9. The average Bonchev–Trinajstić information content (AvgIpc) is 2.65. The van der Waals surface area contributed by atoms with Crippen LogP contribution >= 0.6 is 11.6 Å². The number of halogens is 1. The minimum Gasteiger partial charge on any atom is -0.309 e. The molecule has 27 heavy (non-hydrogen) atoms. The van der Waals surface area contributed by atoms with Crippen LogP contribution in [0.2, 0.25) is 5.02 Å². The van der Waals surface area contributed by atoms with Crippen LogP contribution in [0.3, 0.4) is 0 Å². The Labute approximate surface area is 165 Å². The van der Waals surface area contributed by atoms with E-state index in [-0.39, 0.29) is 10.9 Å². The first-order valence-corrected chi connectivity index (χ1v) is 10.6. The fourth-order valence-corrected chi connectivity index (χ4v) is 4.39. The predicted molar refractivity (Wildman–Crippen MR) is 112 cm³/mol. The summed E-state index contributed by atoms with van der Waals surface area (Å²) in [5.41, 5.74) is 0.894. The highest BCUT2D eigenvalue weighted by molar-refractivity contribution is 7.89. The van der Waals surface area contributed by atoms with Gasteiger partial charge in [-0.3, -0.25) is 0 Å². The minimum absolute atomic E-state index is 0.269. The number of hydrogen-bond acceptors (Lipinski definition) is 3. The van der Waals surface area contributed by atoms with Crippen LogP contribution < -0.4 is 4.72 Å². The van der Waals surface area contributed by atoms with Gasteiger partial charge in [0.15, 0.2) is 0 Å². The van der Waals surface area contributed by atoms with Gasteiger partial charge in [0.2, 0.25) is 10.0 Å². The Morgan fingerprint density at radius 2 is 1.63 bits per heavy atom. The zero-order valence-electron chi connectivity index (χ0n) is 15.4. The number of benzene rings is 3. The first-order chi connectivity index (χ1) is 12.8. The molecular weight excluding hydrogens is 380 g/mol. The predicted octanol–water partition coefficient (Wildman–Crippen LogP) is 4.46. The smallest absolute Gasteiger partial charge is 0.241 e. The molecule has 6 heteroatoms. The van der Waals surface area contributed by atoms with Gasteiger partial charge in [-0.1, -0.05) is 54.1 Å². The average molecular weight is 403 g/mol. The lowest BCUT2D eigenvalue weighted by molar-refractivity contribution is 0.375. The van der Waals surface area contributed by atoms with Gasteiger partial charge in [-0.15, -0.1) is 0 Å². The molecule has 3 aromatic rings. The van der Waals surface area contributed by atoms with Crippen molar-refractivity contribution in [1.29, 1.82) is 0 Å². The van der Waals surface area contributed by atoms with Gasteiger partial charge >= 0.3 is 0 Å². The molecule has 3 aromatic carbocycles. The van der Waals surface area contributed by atoms with Crippen molar-refractivity contribution >= 4 is 32.4 Å². The zero-order valence-corrected chi connectivity index (χ0v) is 17.0. The standard InChI is InChI=1S/C21H23ClN2O2S/c1-24(2)14-13-21(17-7-10-19(22)11-8-17)23-27(25,26)20-12-9-16-5-3-4-6-18(16)15-20/h3-12,15,21,23H,13-14H2,1-2H3. The number of rotatable bonds is 7. The second-order valence-corrected chi connectivity index (χ2v) is 8.98. The summed E-state index contributed by atoms with van der Waals surface area (Å²) in [4.78, 5) is 2.30. The highest BCUT2D eigenvalue weighted by Gasteiger charge is 2.22. The quantitative estimate of drug-likeness (QED) is 0.634. The molecule has 1 atom stereocenters. The van der Waals surface area contributed by atoms with Crippen LogP contribution in [0.4, 0.5) is 0 Å². The maximum atomic E-state index is 13.0. The van der Waals surface area contributed by atoms with E-state index in [2.05, 4.69) is 4.72 Å². The van der Waals surface area contributed by atoms with Crippen molar-refractivity contribution in [3.63, 3.8) is 0 Å². The molecule has 1 N–H and O–H groups in total. The third kappa shape index (κ3) is 5.08. The molecule has 0 aliphatic carbocycles. The Bertz CT molecular complexity index is 1020. The summed E-state index contributed by atoms with van der Waals surface area (Å²) in [6.07, 6.45) is 0.654. The second-order valence-electron chi connectivity index (χ2n) is 6.83. The molecule has 0 amide bonds. The molecule has 3 rings (SSSR count). The van der Waals surface area contributed by atoms with Crippen molar-refractivity contribution in [2.45, 2.75) is 17.4 Å². The molecule has 0 radical (unpaired) electrons. The summed E-state index contributed by atoms with van der Waals surface area (Å²) in [5.74, 6) is 0. The molecular formula is C21H23ClN2O2S. The number of fused-ring (bicyclic) bond motifs is 1. The van der Waals surface area contributed by atoms with E-state index in [1.165, 1.54) is 0 Å². The summed E-state index contributed by atoms with van der Waals surface area (Å²) in [5, 5.41) is 2.54. The first kappa shape index (κ1) is 19.8. The Morgan fingerprint density at radius 3 is 2.30 bits per heavy atom. The van der Waals surface area contributed by atoms with Crippen molar-refractivity contribution in [3.05, 3.63) is 77.3 Å². The van der Waals surface area contributed by atoms with Crippen molar-refractivity contribution in [1.82, 2.24) is 9.62 Å². The van der Waals surface area contributed by atoms with Gasteiger partial charge in [0.05, 0.1) is 4.90 Å². The van der Waals surface area contributed by atoms with Crippen molar-refractivity contribution in [3.8, 4) is 0 Å². The van der Waals surface area contributed by atoms with E-state index in [9.17, 15) is 8.42 Å². The monoisotopic (exact) mass is 402 g/mol. The number of sulfonamides is 1. The molecule has 0 bridgehead atoms. The Hall–Kier alpha value is -1.92.